The summed E-state index contributed by atoms with van der Waals surface area (Å²) in [6, 6.07) is 0. The van der Waals surface area contributed by atoms with Gasteiger partial charge >= 0.3 is 57.7 Å². The Kier molecular flexibility index (Phi) is 4.18. The van der Waals surface area contributed by atoms with Crippen LogP contribution in [0.1, 0.15) is 0 Å². The van der Waals surface area contributed by atoms with Gasteiger partial charge in [-0.2, -0.15) is 0 Å². The Balaban J connectivity index is 0. The number of rotatable bonds is 0. The molecule has 3 nitrogen and oxygen atoms in total. The minimum atomic E-state index is -10.7. The van der Waals surface area contributed by atoms with Crippen molar-refractivity contribution in [3.05, 3.63) is 23.1 Å². The smallest absolute Gasteiger partial charge is 0.399 e. The Labute approximate surface area is 84.5 Å². The van der Waals surface area contributed by atoms with Gasteiger partial charge < -0.3 is 8.83 Å². The summed E-state index contributed by atoms with van der Waals surface area (Å²) < 4.78 is 67.4. The molecular formula is C3H2F6LiO3P. The van der Waals surface area contributed by atoms with Crippen LogP contribution < -0.4 is 24.7 Å². The van der Waals surface area contributed by atoms with Crippen molar-refractivity contribution in [1.29, 1.82) is 0 Å². The van der Waals surface area contributed by atoms with Crippen LogP contribution in [-0.2, 0) is 0 Å². The van der Waals surface area contributed by atoms with Crippen molar-refractivity contribution < 1.29 is 52.9 Å². The van der Waals surface area contributed by atoms with Crippen molar-refractivity contribution in [2.75, 3.05) is 0 Å². The fraction of sp³-hybridized carbons (Fsp3) is 0. The summed E-state index contributed by atoms with van der Waals surface area (Å²) in [7, 11) is -10.7. The molecule has 0 saturated carbocycles. The molecule has 80 valence electrons. The maximum absolute atomic E-state index is 10.7. The second kappa shape index (κ2) is 3.64. The first kappa shape index (κ1) is 16.1. The van der Waals surface area contributed by atoms with E-state index in [1.807, 2.05) is 0 Å². The number of hydrogen-bond donors (Lipinski definition) is 0. The Morgan fingerprint density at radius 3 is 1.21 bits per heavy atom. The van der Waals surface area contributed by atoms with E-state index >= 15 is 0 Å². The largest absolute Gasteiger partial charge is 1.00 e. The first-order valence-corrected chi connectivity index (χ1v) is 4.46. The third-order valence-corrected chi connectivity index (χ3v) is 0.384. The molecule has 0 bridgehead atoms. The molecule has 0 saturated heterocycles. The fourth-order valence-electron chi connectivity index (χ4n) is 0.194. The van der Waals surface area contributed by atoms with Crippen LogP contribution in [0.25, 0.3) is 0 Å². The fourth-order valence-corrected chi connectivity index (χ4v) is 0.194. The van der Waals surface area contributed by atoms with Crippen molar-refractivity contribution in [3.8, 4) is 0 Å². The quantitative estimate of drug-likeness (QED) is 0.378. The molecule has 0 aliphatic carbocycles. The van der Waals surface area contributed by atoms with Gasteiger partial charge in [-0.1, -0.05) is 0 Å². The second-order valence-electron chi connectivity index (χ2n) is 1.72. The molecule has 1 heterocycles. The average Bonchev–Trinajstić information content (AvgIpc) is 2.07. The predicted molar refractivity (Wildman–Crippen MR) is 30.8 cm³/mol. The van der Waals surface area contributed by atoms with Gasteiger partial charge in [0.05, 0.1) is 0 Å². The second-order valence-corrected chi connectivity index (χ2v) is 3.63. The molecule has 14 heavy (non-hydrogen) atoms. The van der Waals surface area contributed by atoms with Crippen molar-refractivity contribution in [2.45, 2.75) is 0 Å². The van der Waals surface area contributed by atoms with Crippen LogP contribution in [0.2, 0.25) is 0 Å². The molecule has 1 aromatic rings. The Morgan fingerprint density at radius 1 is 0.929 bits per heavy atom. The van der Waals surface area contributed by atoms with Gasteiger partial charge in [-0.15, -0.1) is 0 Å². The van der Waals surface area contributed by atoms with Crippen LogP contribution >= 0.6 is 7.81 Å². The molecule has 0 aromatic carbocycles. The van der Waals surface area contributed by atoms with E-state index in [4.69, 9.17) is 0 Å². The van der Waals surface area contributed by atoms with Gasteiger partial charge in [-0.3, -0.25) is 0 Å². The Hall–Kier alpha value is -0.383. The summed E-state index contributed by atoms with van der Waals surface area (Å²) in [5.41, 5.74) is 0. The standard InChI is InChI=1S/C3H2O3.F6P.Li/c4-3-5-1-2-6-3;1-7(2,3,4,5)6;/h1-2H;;/q;-1;+1. The van der Waals surface area contributed by atoms with Crippen molar-refractivity contribution in [1.82, 2.24) is 0 Å². The van der Waals surface area contributed by atoms with Crippen LogP contribution in [0, 0.1) is 0 Å². The molecule has 11 heteroatoms. The minimum absolute atomic E-state index is 0. The molecular weight excluding hydrogens is 236 g/mol. The van der Waals surface area contributed by atoms with Gasteiger partial charge in [0.15, 0.2) is 0 Å². The monoisotopic (exact) mass is 238 g/mol. The summed E-state index contributed by atoms with van der Waals surface area (Å²) in [5.74, 6) is -0.657. The molecule has 0 radical (unpaired) electrons. The third-order valence-electron chi connectivity index (χ3n) is 0.384. The average molecular weight is 238 g/mol. The van der Waals surface area contributed by atoms with Crippen LogP contribution in [0.4, 0.5) is 25.2 Å². The van der Waals surface area contributed by atoms with Gasteiger partial charge in [-0.25, -0.2) is 4.79 Å². The molecule has 1 aromatic heterocycles. The van der Waals surface area contributed by atoms with E-state index in [9.17, 15) is 30.0 Å². The van der Waals surface area contributed by atoms with Gasteiger partial charge in [0.2, 0.25) is 0 Å². The van der Waals surface area contributed by atoms with E-state index in [2.05, 4.69) is 8.83 Å². The first-order valence-electron chi connectivity index (χ1n) is 2.43. The summed E-state index contributed by atoms with van der Waals surface area (Å²) in [6.45, 7) is 0. The van der Waals surface area contributed by atoms with E-state index in [0.717, 1.165) is 0 Å². The van der Waals surface area contributed by atoms with Gasteiger partial charge in [-0.05, 0) is 0 Å². The van der Waals surface area contributed by atoms with E-state index in [1.165, 1.54) is 12.5 Å². The van der Waals surface area contributed by atoms with Crippen molar-refractivity contribution in [3.63, 3.8) is 0 Å². The van der Waals surface area contributed by atoms with Gasteiger partial charge in [0.25, 0.3) is 0 Å². The molecule has 0 spiro atoms. The molecule has 0 aliphatic heterocycles. The predicted octanol–water partition coefficient (Wildman–Crippen LogP) is 0.619. The molecule has 0 aliphatic rings. The summed E-state index contributed by atoms with van der Waals surface area (Å²) in [6.07, 6.45) is 2.37. The maximum Gasteiger partial charge on any atom is 1.00 e. The molecule has 0 fully saturated rings. The van der Waals surface area contributed by atoms with E-state index in [1.54, 1.807) is 0 Å². The number of hydrogen-bond acceptors (Lipinski definition) is 3. The zero-order valence-corrected chi connectivity index (χ0v) is 7.49. The molecule has 1 rings (SSSR count). The number of halogens is 6. The third kappa shape index (κ3) is 29.9. The van der Waals surface area contributed by atoms with E-state index in [0.29, 0.717) is 0 Å². The molecule has 0 atom stereocenters. The maximum atomic E-state index is 9.87. The molecule has 0 amide bonds. The zero-order chi connectivity index (χ0) is 10.8. The summed E-state index contributed by atoms with van der Waals surface area (Å²) >= 11 is 0. The van der Waals surface area contributed by atoms with Crippen LogP contribution in [0.3, 0.4) is 0 Å². The van der Waals surface area contributed by atoms with Gasteiger partial charge in [0, 0.05) is 0 Å². The van der Waals surface area contributed by atoms with Crippen LogP contribution in [0.15, 0.2) is 26.2 Å². The summed E-state index contributed by atoms with van der Waals surface area (Å²) in [5, 5.41) is 0. The Bertz CT molecular complexity index is 294. The summed E-state index contributed by atoms with van der Waals surface area (Å²) in [4.78, 5) is 9.74. The molecule has 0 N–H and O–H groups in total. The minimum Gasteiger partial charge on any atom is -0.399 e. The van der Waals surface area contributed by atoms with Gasteiger partial charge in [0.1, 0.15) is 12.5 Å². The van der Waals surface area contributed by atoms with E-state index in [-0.39, 0.29) is 18.9 Å². The van der Waals surface area contributed by atoms with Crippen LogP contribution in [0.5, 0.6) is 0 Å². The SMILES string of the molecule is F[P-](F)(F)(F)(F)F.O=c1occo1.[Li+]. The van der Waals surface area contributed by atoms with Crippen LogP contribution in [-0.4, -0.2) is 0 Å². The molecule has 0 unspecified atom stereocenters. The Morgan fingerprint density at radius 2 is 1.14 bits per heavy atom. The van der Waals surface area contributed by atoms with Crippen molar-refractivity contribution >= 4 is 7.81 Å². The normalized spacial score (nSPS) is 15.3. The first-order chi connectivity index (χ1) is 5.34. The van der Waals surface area contributed by atoms with E-state index < -0.39 is 13.6 Å². The zero-order valence-electron chi connectivity index (χ0n) is 6.59. The van der Waals surface area contributed by atoms with Crippen molar-refractivity contribution in [2.24, 2.45) is 0 Å². The topological polar surface area (TPSA) is 43.4 Å².